The van der Waals surface area contributed by atoms with Crippen LogP contribution in [0.2, 0.25) is 0 Å². The number of imide groups is 1. The molecule has 0 saturated carbocycles. The van der Waals surface area contributed by atoms with Crippen LogP contribution in [-0.2, 0) is 22.6 Å². The smallest absolute Gasteiger partial charge is 0.259 e. The number of piperidine rings is 1. The number of nitrogens with zero attached hydrogens (tertiary/aromatic N) is 3. The maximum atomic E-state index is 13.5. The van der Waals surface area contributed by atoms with Gasteiger partial charge in [0.1, 0.15) is 7.85 Å². The van der Waals surface area contributed by atoms with Crippen molar-refractivity contribution in [2.24, 2.45) is 0 Å². The third-order valence-electron chi connectivity index (χ3n) is 7.98. The lowest BCUT2D eigenvalue weighted by molar-refractivity contribution is -0.135. The first-order chi connectivity index (χ1) is 17.8. The van der Waals surface area contributed by atoms with Gasteiger partial charge in [0.25, 0.3) is 5.91 Å². The minimum absolute atomic E-state index is 0.0844. The largest absolute Gasteiger partial charge is 0.304 e. The van der Waals surface area contributed by atoms with Crippen molar-refractivity contribution in [2.75, 3.05) is 38.1 Å². The van der Waals surface area contributed by atoms with Crippen molar-refractivity contribution in [1.82, 2.24) is 15.1 Å². The van der Waals surface area contributed by atoms with E-state index in [1.54, 1.807) is 6.07 Å². The Morgan fingerprint density at radius 1 is 0.919 bits per heavy atom. The van der Waals surface area contributed by atoms with Crippen LogP contribution in [0.25, 0.3) is 10.8 Å². The van der Waals surface area contributed by atoms with E-state index in [2.05, 4.69) is 46.4 Å². The summed E-state index contributed by atoms with van der Waals surface area (Å²) in [6.07, 6.45) is 0.904. The lowest BCUT2D eigenvalue weighted by Gasteiger charge is -2.40. The lowest BCUT2D eigenvalue weighted by atomic mass is 9.69. The van der Waals surface area contributed by atoms with Crippen LogP contribution >= 0.6 is 0 Å². The zero-order valence-electron chi connectivity index (χ0n) is 21.0. The topological polar surface area (TPSA) is 73.0 Å². The number of anilines is 1. The fraction of sp³-hybridized carbons (Fsp3) is 0.345. The Balaban J connectivity index is 1.27. The molecule has 0 unspecified atom stereocenters. The highest BCUT2D eigenvalue weighted by molar-refractivity contribution is 6.39. The van der Waals surface area contributed by atoms with Gasteiger partial charge in [-0.2, -0.15) is 0 Å². The van der Waals surface area contributed by atoms with Crippen molar-refractivity contribution in [2.45, 2.75) is 31.2 Å². The van der Waals surface area contributed by atoms with Crippen LogP contribution in [0.1, 0.15) is 39.9 Å². The second kappa shape index (κ2) is 9.12. The number of benzene rings is 3. The summed E-state index contributed by atoms with van der Waals surface area (Å²) in [6, 6.07) is 18.4. The molecule has 2 saturated heterocycles. The number of carbonyl (C=O) groups is 3. The van der Waals surface area contributed by atoms with E-state index in [1.165, 1.54) is 16.0 Å². The van der Waals surface area contributed by atoms with Gasteiger partial charge in [0.15, 0.2) is 0 Å². The molecule has 6 rings (SSSR count). The van der Waals surface area contributed by atoms with Crippen LogP contribution in [0.3, 0.4) is 0 Å². The van der Waals surface area contributed by atoms with Gasteiger partial charge in [-0.25, -0.2) is 0 Å². The first-order valence-electron chi connectivity index (χ1n) is 12.8. The minimum atomic E-state index is -1.60. The first kappa shape index (κ1) is 23.9. The molecule has 3 heterocycles. The third kappa shape index (κ3) is 4.14. The summed E-state index contributed by atoms with van der Waals surface area (Å²) in [5.41, 5.74) is 3.17. The summed E-state index contributed by atoms with van der Waals surface area (Å²) < 4.78 is 0. The first-order valence-corrected chi connectivity index (χ1v) is 12.8. The Morgan fingerprint density at radius 3 is 2.38 bits per heavy atom. The molecule has 0 aliphatic carbocycles. The van der Waals surface area contributed by atoms with E-state index in [9.17, 15) is 14.4 Å². The number of hydrogen-bond donors (Lipinski definition) is 1. The summed E-state index contributed by atoms with van der Waals surface area (Å²) in [5, 5.41) is 4.09. The number of rotatable bonds is 5. The molecule has 1 atom stereocenters. The summed E-state index contributed by atoms with van der Waals surface area (Å²) >= 11 is 0. The maximum absolute atomic E-state index is 13.5. The molecule has 3 aromatic carbocycles. The van der Waals surface area contributed by atoms with E-state index in [-0.39, 0.29) is 24.7 Å². The SMILES string of the molecule is [B][C@]1(N2C(=O)c3cccc4c(Cc5ccc(CN6CCN(C)CC6)cc5)ccc2c34)CCC(=O)NC1=O. The number of likely N-dealkylation sites (N-methyl/N-ethyl adjacent to an activating group) is 1. The standard InChI is InChI=1S/C29H29BN4O3/c1-32-13-15-33(16-14-32)18-20-7-5-19(6-8-20)17-21-9-10-24-26-22(21)3-2-4-23(26)27(36)34(24)29(30)12-11-25(35)31-28(29)37/h2-10H,11-18H2,1H3,(H,31,35,37)/t29-/m0/s1. The summed E-state index contributed by atoms with van der Waals surface area (Å²) in [5.74, 6) is -1.32. The predicted molar refractivity (Wildman–Crippen MR) is 144 cm³/mol. The van der Waals surface area contributed by atoms with Crippen LogP contribution in [0.4, 0.5) is 5.69 Å². The Labute approximate surface area is 217 Å². The van der Waals surface area contributed by atoms with Gasteiger partial charge in [-0.15, -0.1) is 0 Å². The van der Waals surface area contributed by atoms with Gasteiger partial charge in [-0.1, -0.05) is 42.5 Å². The fourth-order valence-electron chi connectivity index (χ4n) is 5.77. The van der Waals surface area contributed by atoms with Crippen molar-refractivity contribution in [1.29, 1.82) is 0 Å². The molecule has 2 fully saturated rings. The number of carbonyl (C=O) groups excluding carboxylic acids is 3. The Bertz CT molecular complexity index is 1410. The van der Waals surface area contributed by atoms with Crippen LogP contribution in [-0.4, -0.2) is 74.0 Å². The molecule has 3 aliphatic rings. The Morgan fingerprint density at radius 2 is 1.65 bits per heavy atom. The fourth-order valence-corrected chi connectivity index (χ4v) is 5.77. The molecular formula is C29H29BN4O3. The van der Waals surface area contributed by atoms with Crippen molar-refractivity contribution in [3.63, 3.8) is 0 Å². The molecule has 186 valence electrons. The third-order valence-corrected chi connectivity index (χ3v) is 7.98. The van der Waals surface area contributed by atoms with E-state index < -0.39 is 11.3 Å². The van der Waals surface area contributed by atoms with Gasteiger partial charge in [0.2, 0.25) is 11.8 Å². The second-order valence-electron chi connectivity index (χ2n) is 10.5. The molecule has 3 aliphatic heterocycles. The van der Waals surface area contributed by atoms with Crippen molar-refractivity contribution in [3.05, 3.63) is 76.9 Å². The van der Waals surface area contributed by atoms with Gasteiger partial charge in [0, 0.05) is 50.1 Å². The molecule has 0 bridgehead atoms. The molecule has 37 heavy (non-hydrogen) atoms. The maximum Gasteiger partial charge on any atom is 0.259 e. The zero-order chi connectivity index (χ0) is 25.7. The summed E-state index contributed by atoms with van der Waals surface area (Å²) in [4.78, 5) is 44.2. The Kier molecular flexibility index (Phi) is 5.89. The van der Waals surface area contributed by atoms with Crippen molar-refractivity contribution >= 4 is 42.0 Å². The van der Waals surface area contributed by atoms with E-state index in [0.717, 1.165) is 55.5 Å². The van der Waals surface area contributed by atoms with Crippen LogP contribution in [0.15, 0.2) is 54.6 Å². The predicted octanol–water partition coefficient (Wildman–Crippen LogP) is 2.44. The summed E-state index contributed by atoms with van der Waals surface area (Å²) in [6.45, 7) is 5.37. The molecule has 0 aromatic heterocycles. The van der Waals surface area contributed by atoms with Crippen LogP contribution in [0.5, 0.6) is 0 Å². The molecule has 1 N–H and O–H groups in total. The van der Waals surface area contributed by atoms with Crippen LogP contribution in [0, 0.1) is 0 Å². The molecule has 0 spiro atoms. The van der Waals surface area contributed by atoms with Crippen molar-refractivity contribution < 1.29 is 14.4 Å². The Hall–Kier alpha value is -3.49. The average Bonchev–Trinajstić information content (AvgIpc) is 3.19. The van der Waals surface area contributed by atoms with Crippen molar-refractivity contribution in [3.8, 4) is 0 Å². The normalized spacial score (nSPS) is 22.6. The average molecular weight is 492 g/mol. The molecular weight excluding hydrogens is 463 g/mol. The van der Waals surface area contributed by atoms with E-state index >= 15 is 0 Å². The van der Waals surface area contributed by atoms with Gasteiger partial charge >= 0.3 is 0 Å². The number of nitrogens with one attached hydrogen (secondary N) is 1. The molecule has 2 radical (unpaired) electrons. The zero-order valence-corrected chi connectivity index (χ0v) is 21.0. The van der Waals surface area contributed by atoms with Gasteiger partial charge in [0.05, 0.1) is 11.1 Å². The molecule has 8 heteroatoms. The van der Waals surface area contributed by atoms with E-state index in [1.807, 2.05) is 24.3 Å². The van der Waals surface area contributed by atoms with E-state index in [4.69, 9.17) is 7.85 Å². The van der Waals surface area contributed by atoms with Gasteiger partial charge < -0.3 is 9.80 Å². The van der Waals surface area contributed by atoms with Gasteiger partial charge in [-0.05, 0) is 54.1 Å². The minimum Gasteiger partial charge on any atom is -0.304 e. The molecule has 7 nitrogen and oxygen atoms in total. The number of piperazine rings is 1. The van der Waals surface area contributed by atoms with Gasteiger partial charge in [-0.3, -0.25) is 24.6 Å². The quantitative estimate of drug-likeness (QED) is 0.438. The summed E-state index contributed by atoms with van der Waals surface area (Å²) in [7, 11) is 8.67. The second-order valence-corrected chi connectivity index (χ2v) is 10.5. The highest BCUT2D eigenvalue weighted by Gasteiger charge is 2.49. The highest BCUT2D eigenvalue weighted by Crippen LogP contribution is 2.43. The monoisotopic (exact) mass is 492 g/mol. The molecule has 3 aromatic rings. The highest BCUT2D eigenvalue weighted by atomic mass is 16.2. The number of amides is 3. The lowest BCUT2D eigenvalue weighted by Crippen LogP contribution is -2.64. The molecule has 3 amide bonds. The van der Waals surface area contributed by atoms with Crippen LogP contribution < -0.4 is 10.2 Å². The number of hydrogen-bond acceptors (Lipinski definition) is 5. The van der Waals surface area contributed by atoms with E-state index in [0.29, 0.717) is 11.3 Å².